The largest absolute Gasteiger partial charge is 0.330 e. The first-order valence-electron chi connectivity index (χ1n) is 7.37. The highest BCUT2D eigenvalue weighted by atomic mass is 15.1. The zero-order valence-corrected chi connectivity index (χ0v) is 12.3. The molecule has 2 heteroatoms. The summed E-state index contributed by atoms with van der Waals surface area (Å²) in [5.41, 5.74) is 6.24. The van der Waals surface area contributed by atoms with Gasteiger partial charge in [-0.2, -0.15) is 0 Å². The van der Waals surface area contributed by atoms with E-state index in [9.17, 15) is 0 Å². The minimum absolute atomic E-state index is 0.550. The minimum atomic E-state index is 0.550. The lowest BCUT2D eigenvalue weighted by Crippen LogP contribution is -2.25. The molecule has 2 nitrogen and oxygen atoms in total. The molecule has 17 heavy (non-hydrogen) atoms. The van der Waals surface area contributed by atoms with E-state index < -0.39 is 0 Å². The molecule has 1 heterocycles. The van der Waals surface area contributed by atoms with Gasteiger partial charge < -0.3 is 10.6 Å². The van der Waals surface area contributed by atoms with E-state index in [1.54, 1.807) is 0 Å². The van der Waals surface area contributed by atoms with Crippen molar-refractivity contribution in [2.45, 2.75) is 53.4 Å². The average molecular weight is 240 g/mol. The Hall–Kier alpha value is -0.0800. The summed E-state index contributed by atoms with van der Waals surface area (Å²) in [6.45, 7) is 14.2. The van der Waals surface area contributed by atoms with Crippen molar-refractivity contribution in [2.24, 2.45) is 23.0 Å². The molecule has 1 unspecified atom stereocenters. The number of hydrogen-bond acceptors (Lipinski definition) is 2. The summed E-state index contributed by atoms with van der Waals surface area (Å²) < 4.78 is 0. The predicted octanol–water partition coefficient (Wildman–Crippen LogP) is 3.12. The maximum atomic E-state index is 5.69. The Morgan fingerprint density at radius 3 is 2.41 bits per heavy atom. The van der Waals surface area contributed by atoms with Crippen LogP contribution in [0.1, 0.15) is 53.4 Å². The van der Waals surface area contributed by atoms with Crippen LogP contribution in [-0.2, 0) is 0 Å². The Bertz CT molecular complexity index is 211. The van der Waals surface area contributed by atoms with Crippen LogP contribution in [0.4, 0.5) is 0 Å². The van der Waals surface area contributed by atoms with Gasteiger partial charge in [0.15, 0.2) is 0 Å². The first kappa shape index (κ1) is 15.0. The van der Waals surface area contributed by atoms with Gasteiger partial charge in [-0.25, -0.2) is 0 Å². The van der Waals surface area contributed by atoms with E-state index in [0.717, 1.165) is 18.4 Å². The highest BCUT2D eigenvalue weighted by molar-refractivity contribution is 4.82. The number of hydrogen-bond donors (Lipinski definition) is 1. The molecule has 1 fully saturated rings. The number of nitrogens with zero attached hydrogens (tertiary/aromatic N) is 1. The summed E-state index contributed by atoms with van der Waals surface area (Å²) in [4.78, 5) is 2.64. The molecular formula is C15H32N2. The van der Waals surface area contributed by atoms with E-state index in [4.69, 9.17) is 5.73 Å². The zero-order valence-electron chi connectivity index (χ0n) is 12.3. The van der Waals surface area contributed by atoms with Gasteiger partial charge in [-0.3, -0.25) is 0 Å². The third kappa shape index (κ3) is 5.39. The van der Waals surface area contributed by atoms with Crippen molar-refractivity contribution in [1.82, 2.24) is 4.90 Å². The summed E-state index contributed by atoms with van der Waals surface area (Å²) in [7, 11) is 0. The molecule has 0 aromatic carbocycles. The molecule has 1 aliphatic heterocycles. The van der Waals surface area contributed by atoms with Crippen molar-refractivity contribution in [1.29, 1.82) is 0 Å². The Morgan fingerprint density at radius 1 is 1.24 bits per heavy atom. The molecule has 1 aliphatic rings. The first-order valence-corrected chi connectivity index (χ1v) is 7.37. The fourth-order valence-electron chi connectivity index (χ4n) is 3.02. The molecule has 2 N–H and O–H groups in total. The van der Waals surface area contributed by atoms with Crippen molar-refractivity contribution in [3.63, 3.8) is 0 Å². The van der Waals surface area contributed by atoms with Crippen LogP contribution < -0.4 is 5.73 Å². The Morgan fingerprint density at radius 2 is 1.94 bits per heavy atom. The van der Waals surface area contributed by atoms with Crippen molar-refractivity contribution < 1.29 is 0 Å². The lowest BCUT2D eigenvalue weighted by Gasteiger charge is -2.23. The average Bonchev–Trinajstić information content (AvgIpc) is 2.57. The van der Waals surface area contributed by atoms with Crippen LogP contribution in [0.2, 0.25) is 0 Å². The van der Waals surface area contributed by atoms with Crippen LogP contribution in [0.25, 0.3) is 0 Å². The van der Waals surface area contributed by atoms with Gasteiger partial charge in [0.2, 0.25) is 0 Å². The molecule has 0 saturated carbocycles. The lowest BCUT2D eigenvalue weighted by atomic mass is 9.88. The summed E-state index contributed by atoms with van der Waals surface area (Å²) in [6, 6.07) is 0. The van der Waals surface area contributed by atoms with Gasteiger partial charge >= 0.3 is 0 Å². The molecule has 1 rings (SSSR count). The van der Waals surface area contributed by atoms with Crippen LogP contribution in [0.15, 0.2) is 0 Å². The SMILES string of the molecule is CC(C)C(CCN)CCCN1CCC(C)(C)C1. The zero-order chi connectivity index (χ0) is 12.9. The van der Waals surface area contributed by atoms with Gasteiger partial charge in [0, 0.05) is 6.54 Å². The van der Waals surface area contributed by atoms with Gasteiger partial charge in [-0.05, 0) is 62.6 Å². The molecule has 0 aliphatic carbocycles. The minimum Gasteiger partial charge on any atom is -0.330 e. The van der Waals surface area contributed by atoms with Gasteiger partial charge in [0.05, 0.1) is 0 Å². The smallest absolute Gasteiger partial charge is 0.00332 e. The third-order valence-electron chi connectivity index (χ3n) is 4.29. The standard InChI is InChI=1S/C15H32N2/c1-13(2)14(7-9-16)6-5-10-17-11-8-15(3,4)12-17/h13-14H,5-12,16H2,1-4H3. The number of nitrogens with two attached hydrogens (primary N) is 1. The van der Waals surface area contributed by atoms with E-state index in [-0.39, 0.29) is 0 Å². The molecule has 0 bridgehead atoms. The highest BCUT2D eigenvalue weighted by Crippen LogP contribution is 2.29. The molecule has 0 amide bonds. The summed E-state index contributed by atoms with van der Waals surface area (Å²) in [6.07, 6.45) is 5.26. The molecule has 0 aromatic rings. The van der Waals surface area contributed by atoms with Gasteiger partial charge in [-0.1, -0.05) is 27.7 Å². The number of rotatable bonds is 7. The van der Waals surface area contributed by atoms with Crippen molar-refractivity contribution in [3.05, 3.63) is 0 Å². The van der Waals surface area contributed by atoms with Crippen molar-refractivity contribution >= 4 is 0 Å². The fourth-order valence-corrected chi connectivity index (χ4v) is 3.02. The summed E-state index contributed by atoms with van der Waals surface area (Å²) >= 11 is 0. The monoisotopic (exact) mass is 240 g/mol. The van der Waals surface area contributed by atoms with E-state index in [1.807, 2.05) is 0 Å². The third-order valence-corrected chi connectivity index (χ3v) is 4.29. The first-order chi connectivity index (χ1) is 7.94. The summed E-state index contributed by atoms with van der Waals surface area (Å²) in [5, 5.41) is 0. The molecule has 1 atom stereocenters. The maximum Gasteiger partial charge on any atom is 0.00332 e. The topological polar surface area (TPSA) is 29.3 Å². The Labute approximate surface area is 108 Å². The second-order valence-corrected chi connectivity index (χ2v) is 6.91. The van der Waals surface area contributed by atoms with Crippen molar-refractivity contribution in [3.8, 4) is 0 Å². The predicted molar refractivity (Wildman–Crippen MR) is 76.1 cm³/mol. The van der Waals surface area contributed by atoms with Crippen molar-refractivity contribution in [2.75, 3.05) is 26.2 Å². The van der Waals surface area contributed by atoms with E-state index in [2.05, 4.69) is 32.6 Å². The second kappa shape index (κ2) is 6.75. The normalized spacial score (nSPS) is 22.2. The Balaban J connectivity index is 2.18. The molecule has 1 saturated heterocycles. The molecule has 0 spiro atoms. The molecule has 102 valence electrons. The molecular weight excluding hydrogens is 208 g/mol. The van der Waals surface area contributed by atoms with Crippen LogP contribution in [0.5, 0.6) is 0 Å². The Kier molecular flexibility index (Phi) is 5.94. The maximum absolute atomic E-state index is 5.69. The van der Waals surface area contributed by atoms with Crippen LogP contribution in [-0.4, -0.2) is 31.1 Å². The van der Waals surface area contributed by atoms with Gasteiger partial charge in [-0.15, -0.1) is 0 Å². The highest BCUT2D eigenvalue weighted by Gasteiger charge is 2.28. The summed E-state index contributed by atoms with van der Waals surface area (Å²) in [5.74, 6) is 1.61. The van der Waals surface area contributed by atoms with Gasteiger partial charge in [0.25, 0.3) is 0 Å². The second-order valence-electron chi connectivity index (χ2n) is 6.91. The lowest BCUT2D eigenvalue weighted by molar-refractivity contribution is 0.262. The van der Waals surface area contributed by atoms with Crippen LogP contribution in [0.3, 0.4) is 0 Å². The number of likely N-dealkylation sites (tertiary alicyclic amines) is 1. The molecule has 0 radical (unpaired) electrons. The quantitative estimate of drug-likeness (QED) is 0.741. The van der Waals surface area contributed by atoms with Gasteiger partial charge in [0.1, 0.15) is 0 Å². The van der Waals surface area contributed by atoms with E-state index in [1.165, 1.54) is 45.3 Å². The molecule has 0 aromatic heterocycles. The fraction of sp³-hybridized carbons (Fsp3) is 1.00. The van der Waals surface area contributed by atoms with E-state index >= 15 is 0 Å². The van der Waals surface area contributed by atoms with Crippen LogP contribution in [0, 0.1) is 17.3 Å². The van der Waals surface area contributed by atoms with Crippen LogP contribution >= 0.6 is 0 Å². The van der Waals surface area contributed by atoms with E-state index in [0.29, 0.717) is 5.41 Å².